The first-order valence-corrected chi connectivity index (χ1v) is 11.5. The SMILES string of the molecule is CCC(C)(C)c1ccc(OCCCC(=O)Nc2ccc(Cl)c(N)c2)c(C(C)(C)CC)c1. The number of nitrogens with two attached hydrogens (primary N) is 1. The van der Waals surface area contributed by atoms with Crippen LogP contribution >= 0.6 is 11.6 Å². The number of carbonyl (C=O) groups is 1. The topological polar surface area (TPSA) is 64.3 Å². The molecule has 0 heterocycles. The quantitative estimate of drug-likeness (QED) is 0.303. The highest BCUT2D eigenvalue weighted by Crippen LogP contribution is 2.38. The second kappa shape index (κ2) is 10.4. The number of rotatable bonds is 10. The predicted octanol–water partition coefficient (Wildman–Crippen LogP) is 7.10. The molecule has 5 heteroatoms. The molecule has 0 bridgehead atoms. The number of carbonyl (C=O) groups excluding carboxylic acids is 1. The van der Waals surface area contributed by atoms with Gasteiger partial charge in [-0.2, -0.15) is 0 Å². The molecule has 2 rings (SSSR count). The molecule has 0 atom stereocenters. The molecule has 0 aliphatic carbocycles. The molecule has 4 nitrogen and oxygen atoms in total. The van der Waals surface area contributed by atoms with Crippen molar-refractivity contribution in [2.75, 3.05) is 17.7 Å². The third kappa shape index (κ3) is 6.64. The van der Waals surface area contributed by atoms with Gasteiger partial charge in [-0.05, 0) is 59.9 Å². The fourth-order valence-electron chi connectivity index (χ4n) is 3.26. The van der Waals surface area contributed by atoms with E-state index in [0.717, 1.165) is 18.6 Å². The highest BCUT2D eigenvalue weighted by atomic mass is 35.5. The molecule has 0 radical (unpaired) electrons. The van der Waals surface area contributed by atoms with E-state index >= 15 is 0 Å². The Hall–Kier alpha value is -2.20. The normalized spacial score (nSPS) is 12.0. The highest BCUT2D eigenvalue weighted by Gasteiger charge is 2.26. The average molecular weight is 445 g/mol. The van der Waals surface area contributed by atoms with Crippen molar-refractivity contribution in [3.8, 4) is 5.75 Å². The van der Waals surface area contributed by atoms with Crippen molar-refractivity contribution in [2.24, 2.45) is 0 Å². The Morgan fingerprint density at radius 1 is 1.03 bits per heavy atom. The minimum atomic E-state index is -0.0699. The smallest absolute Gasteiger partial charge is 0.224 e. The summed E-state index contributed by atoms with van der Waals surface area (Å²) in [5, 5.41) is 3.33. The summed E-state index contributed by atoms with van der Waals surface area (Å²) in [6, 6.07) is 11.7. The molecule has 31 heavy (non-hydrogen) atoms. The summed E-state index contributed by atoms with van der Waals surface area (Å²) in [5.74, 6) is 0.841. The van der Waals surface area contributed by atoms with Gasteiger partial charge in [0, 0.05) is 17.7 Å². The number of anilines is 2. The first-order chi connectivity index (χ1) is 14.5. The lowest BCUT2D eigenvalue weighted by Crippen LogP contribution is -2.21. The highest BCUT2D eigenvalue weighted by molar-refractivity contribution is 6.33. The van der Waals surface area contributed by atoms with Crippen LogP contribution in [0.3, 0.4) is 0 Å². The Morgan fingerprint density at radius 2 is 1.71 bits per heavy atom. The first-order valence-electron chi connectivity index (χ1n) is 11.1. The van der Waals surface area contributed by atoms with Crippen molar-refractivity contribution >= 4 is 28.9 Å². The molecule has 2 aromatic rings. The molecule has 0 aliphatic rings. The zero-order valence-electron chi connectivity index (χ0n) is 19.8. The maximum atomic E-state index is 12.2. The summed E-state index contributed by atoms with van der Waals surface area (Å²) in [6.45, 7) is 14.0. The van der Waals surface area contributed by atoms with Gasteiger partial charge in [0.25, 0.3) is 0 Å². The lowest BCUT2D eigenvalue weighted by molar-refractivity contribution is -0.116. The summed E-state index contributed by atoms with van der Waals surface area (Å²) in [7, 11) is 0. The number of ether oxygens (including phenoxy) is 1. The number of hydrogen-bond donors (Lipinski definition) is 2. The fourth-order valence-corrected chi connectivity index (χ4v) is 3.38. The molecule has 1 amide bonds. The van der Waals surface area contributed by atoms with Crippen LogP contribution in [0.2, 0.25) is 5.02 Å². The second-order valence-corrected chi connectivity index (χ2v) is 9.83. The van der Waals surface area contributed by atoms with Crippen molar-refractivity contribution < 1.29 is 9.53 Å². The lowest BCUT2D eigenvalue weighted by atomic mass is 9.76. The Labute approximate surface area is 192 Å². The monoisotopic (exact) mass is 444 g/mol. The van der Waals surface area contributed by atoms with Crippen LogP contribution in [-0.4, -0.2) is 12.5 Å². The fraction of sp³-hybridized carbons (Fsp3) is 0.500. The van der Waals surface area contributed by atoms with Gasteiger partial charge in [0.2, 0.25) is 5.91 Å². The number of hydrogen-bond acceptors (Lipinski definition) is 3. The summed E-state index contributed by atoms with van der Waals surface area (Å²) in [5.41, 5.74) is 9.59. The Kier molecular flexibility index (Phi) is 8.41. The van der Waals surface area contributed by atoms with E-state index in [4.69, 9.17) is 22.1 Å². The second-order valence-electron chi connectivity index (χ2n) is 9.42. The standard InChI is InChI=1S/C26H37ClN2O2/c1-7-25(3,4)18-11-14-23(20(16-18)26(5,6)8-2)31-15-9-10-24(30)29-19-12-13-21(27)22(28)17-19/h11-14,16-17H,7-10,15,28H2,1-6H3,(H,29,30). The van der Waals surface area contributed by atoms with Gasteiger partial charge in [-0.25, -0.2) is 0 Å². The van der Waals surface area contributed by atoms with E-state index in [1.165, 1.54) is 11.1 Å². The average Bonchev–Trinajstić information content (AvgIpc) is 2.73. The minimum absolute atomic E-state index is 0.0149. The molecule has 0 spiro atoms. The van der Waals surface area contributed by atoms with Crippen LogP contribution < -0.4 is 15.8 Å². The number of halogens is 1. The van der Waals surface area contributed by atoms with Crippen molar-refractivity contribution in [1.82, 2.24) is 0 Å². The molecule has 170 valence electrons. The largest absolute Gasteiger partial charge is 0.493 e. The van der Waals surface area contributed by atoms with E-state index in [-0.39, 0.29) is 16.7 Å². The van der Waals surface area contributed by atoms with Crippen LogP contribution in [0, 0.1) is 0 Å². The summed E-state index contributed by atoms with van der Waals surface area (Å²) < 4.78 is 6.14. The summed E-state index contributed by atoms with van der Waals surface area (Å²) >= 11 is 5.92. The molecule has 0 saturated carbocycles. The maximum absolute atomic E-state index is 12.2. The van der Waals surface area contributed by atoms with Crippen LogP contribution in [0.15, 0.2) is 36.4 Å². The van der Waals surface area contributed by atoms with Gasteiger partial charge in [-0.15, -0.1) is 0 Å². The predicted molar refractivity (Wildman–Crippen MR) is 132 cm³/mol. The zero-order chi connectivity index (χ0) is 23.2. The lowest BCUT2D eigenvalue weighted by Gasteiger charge is -2.30. The van der Waals surface area contributed by atoms with Gasteiger partial charge < -0.3 is 15.8 Å². The van der Waals surface area contributed by atoms with Crippen molar-refractivity contribution in [3.63, 3.8) is 0 Å². The third-order valence-corrected chi connectivity index (χ3v) is 6.69. The van der Waals surface area contributed by atoms with E-state index in [2.05, 4.69) is 65.1 Å². The van der Waals surface area contributed by atoms with Gasteiger partial charge >= 0.3 is 0 Å². The van der Waals surface area contributed by atoms with Crippen LogP contribution in [0.1, 0.15) is 78.4 Å². The van der Waals surface area contributed by atoms with Gasteiger partial charge in [-0.1, -0.05) is 65.3 Å². The maximum Gasteiger partial charge on any atom is 0.224 e. The summed E-state index contributed by atoms with van der Waals surface area (Å²) in [4.78, 5) is 12.2. The van der Waals surface area contributed by atoms with Crippen molar-refractivity contribution in [2.45, 2.75) is 78.1 Å². The van der Waals surface area contributed by atoms with Gasteiger partial charge in [0.1, 0.15) is 5.75 Å². The molecule has 0 fully saturated rings. The van der Waals surface area contributed by atoms with E-state index in [1.807, 2.05) is 0 Å². The van der Waals surface area contributed by atoms with Crippen molar-refractivity contribution in [3.05, 3.63) is 52.5 Å². The zero-order valence-corrected chi connectivity index (χ0v) is 20.5. The first kappa shape index (κ1) is 25.1. The van der Waals surface area contributed by atoms with Gasteiger partial charge in [-0.3, -0.25) is 4.79 Å². The van der Waals surface area contributed by atoms with Gasteiger partial charge in [0.05, 0.1) is 17.3 Å². The van der Waals surface area contributed by atoms with Crippen LogP contribution in [0.25, 0.3) is 0 Å². The van der Waals surface area contributed by atoms with E-state index in [1.54, 1.807) is 18.2 Å². The minimum Gasteiger partial charge on any atom is -0.493 e. The number of amides is 1. The molecular weight excluding hydrogens is 408 g/mol. The summed E-state index contributed by atoms with van der Waals surface area (Å²) in [6.07, 6.45) is 3.10. The molecular formula is C26H37ClN2O2. The van der Waals surface area contributed by atoms with E-state index in [9.17, 15) is 4.79 Å². The molecule has 0 unspecified atom stereocenters. The van der Waals surface area contributed by atoms with Crippen LogP contribution in [-0.2, 0) is 15.6 Å². The molecule has 3 N–H and O–H groups in total. The molecule has 2 aromatic carbocycles. The molecule has 0 aromatic heterocycles. The van der Waals surface area contributed by atoms with Crippen molar-refractivity contribution in [1.29, 1.82) is 0 Å². The number of benzene rings is 2. The van der Waals surface area contributed by atoms with E-state index in [0.29, 0.717) is 35.8 Å². The van der Waals surface area contributed by atoms with Crippen LogP contribution in [0.4, 0.5) is 11.4 Å². The Balaban J connectivity index is 2.00. The number of nitrogens with one attached hydrogen (secondary N) is 1. The van der Waals surface area contributed by atoms with E-state index < -0.39 is 0 Å². The molecule has 0 saturated heterocycles. The van der Waals surface area contributed by atoms with Gasteiger partial charge in [0.15, 0.2) is 0 Å². The Morgan fingerprint density at radius 3 is 2.32 bits per heavy atom. The number of nitrogen functional groups attached to an aromatic ring is 1. The molecule has 0 aliphatic heterocycles. The Bertz CT molecular complexity index is 906. The van der Waals surface area contributed by atoms with Crippen LogP contribution in [0.5, 0.6) is 5.75 Å². The third-order valence-electron chi connectivity index (χ3n) is 6.34.